The topological polar surface area (TPSA) is 63.6 Å². The predicted molar refractivity (Wildman–Crippen MR) is 82.4 cm³/mol. The highest BCUT2D eigenvalue weighted by molar-refractivity contribution is 6.03. The van der Waals surface area contributed by atoms with Gasteiger partial charge in [-0.05, 0) is 12.0 Å². The van der Waals surface area contributed by atoms with Gasteiger partial charge in [0.05, 0.1) is 7.11 Å². The molecule has 0 aromatic heterocycles. The zero-order valence-corrected chi connectivity index (χ0v) is 12.4. The number of methoxy groups -OCH3 is 1. The minimum atomic E-state index is -1.75. The molecular formula is C18H18O4. The van der Waals surface area contributed by atoms with Gasteiger partial charge in [-0.15, -0.1) is 0 Å². The largest absolute Gasteiger partial charge is 0.469 e. The summed E-state index contributed by atoms with van der Waals surface area (Å²) in [6.45, 7) is 0. The van der Waals surface area contributed by atoms with Crippen LogP contribution < -0.4 is 0 Å². The minimum absolute atomic E-state index is 0.0303. The Kier molecular flexibility index (Phi) is 5.07. The van der Waals surface area contributed by atoms with E-state index in [9.17, 15) is 14.7 Å². The number of esters is 1. The summed E-state index contributed by atoms with van der Waals surface area (Å²) in [7, 11) is 1.28. The molecule has 0 spiro atoms. The third-order valence-electron chi connectivity index (χ3n) is 3.58. The predicted octanol–water partition coefficient (Wildman–Crippen LogP) is 2.71. The fraction of sp³-hybridized carbons (Fsp3) is 0.222. The molecule has 1 N–H and O–H groups in total. The van der Waals surface area contributed by atoms with Gasteiger partial charge in [0.25, 0.3) is 0 Å². The summed E-state index contributed by atoms with van der Waals surface area (Å²) in [6.07, 6.45) is -0.0715. The van der Waals surface area contributed by atoms with E-state index in [0.29, 0.717) is 11.1 Å². The highest BCUT2D eigenvalue weighted by Crippen LogP contribution is 2.30. The molecule has 0 saturated heterocycles. The highest BCUT2D eigenvalue weighted by Gasteiger charge is 2.38. The second-order valence-electron chi connectivity index (χ2n) is 5.00. The highest BCUT2D eigenvalue weighted by atomic mass is 16.5. The van der Waals surface area contributed by atoms with E-state index < -0.39 is 17.4 Å². The van der Waals surface area contributed by atoms with Gasteiger partial charge in [-0.25, -0.2) is 0 Å². The Morgan fingerprint density at radius 1 is 1.00 bits per heavy atom. The molecule has 4 heteroatoms. The first kappa shape index (κ1) is 15.9. The zero-order chi connectivity index (χ0) is 16.0. The first-order valence-corrected chi connectivity index (χ1v) is 7.02. The van der Waals surface area contributed by atoms with Crippen molar-refractivity contribution in [1.82, 2.24) is 0 Å². The first-order valence-electron chi connectivity index (χ1n) is 7.02. The van der Waals surface area contributed by atoms with Crippen molar-refractivity contribution in [3.05, 3.63) is 71.8 Å². The number of carbonyl (C=O) groups excluding carboxylic acids is 2. The van der Waals surface area contributed by atoms with Gasteiger partial charge in [0, 0.05) is 12.0 Å². The molecule has 2 aromatic rings. The number of aliphatic hydroxyl groups is 1. The molecule has 1 atom stereocenters. The summed E-state index contributed by atoms with van der Waals surface area (Å²) < 4.78 is 4.61. The quantitative estimate of drug-likeness (QED) is 0.658. The van der Waals surface area contributed by atoms with Crippen LogP contribution in [0, 0.1) is 0 Å². The van der Waals surface area contributed by atoms with Crippen LogP contribution in [0.3, 0.4) is 0 Å². The maximum absolute atomic E-state index is 12.8. The van der Waals surface area contributed by atoms with Gasteiger partial charge >= 0.3 is 5.97 Å². The fourth-order valence-corrected chi connectivity index (χ4v) is 2.32. The summed E-state index contributed by atoms with van der Waals surface area (Å²) in [5.41, 5.74) is -0.886. The summed E-state index contributed by atoms with van der Waals surface area (Å²) in [5.74, 6) is -0.890. The Labute approximate surface area is 129 Å². The van der Waals surface area contributed by atoms with Crippen molar-refractivity contribution in [2.45, 2.75) is 18.4 Å². The van der Waals surface area contributed by atoms with E-state index in [1.165, 1.54) is 7.11 Å². The van der Waals surface area contributed by atoms with Crippen molar-refractivity contribution in [2.24, 2.45) is 0 Å². The standard InChI is InChI=1S/C18H18O4/c1-22-16(19)12-13-18(21,15-10-6-3-7-11-15)17(20)14-8-4-2-5-9-14/h2-11,21H,12-13H2,1H3. The Morgan fingerprint density at radius 3 is 2.09 bits per heavy atom. The molecule has 4 nitrogen and oxygen atoms in total. The van der Waals surface area contributed by atoms with Gasteiger partial charge in [0.15, 0.2) is 11.4 Å². The van der Waals surface area contributed by atoms with Crippen molar-refractivity contribution in [2.75, 3.05) is 7.11 Å². The molecule has 0 radical (unpaired) electrons. The Balaban J connectivity index is 2.37. The monoisotopic (exact) mass is 298 g/mol. The Hall–Kier alpha value is -2.46. The molecular weight excluding hydrogens is 280 g/mol. The lowest BCUT2D eigenvalue weighted by Crippen LogP contribution is -2.36. The Morgan fingerprint density at radius 2 is 1.55 bits per heavy atom. The van der Waals surface area contributed by atoms with E-state index in [0.717, 1.165) is 0 Å². The summed E-state index contributed by atoms with van der Waals surface area (Å²) in [4.78, 5) is 24.2. The van der Waals surface area contributed by atoms with E-state index in [1.54, 1.807) is 60.7 Å². The fourth-order valence-electron chi connectivity index (χ4n) is 2.32. The van der Waals surface area contributed by atoms with Crippen molar-refractivity contribution < 1.29 is 19.4 Å². The number of ketones is 1. The number of ether oxygens (including phenoxy) is 1. The zero-order valence-electron chi connectivity index (χ0n) is 12.4. The van der Waals surface area contributed by atoms with E-state index in [-0.39, 0.29) is 12.8 Å². The molecule has 0 saturated carbocycles. The van der Waals surface area contributed by atoms with Crippen molar-refractivity contribution in [3.63, 3.8) is 0 Å². The van der Waals surface area contributed by atoms with Crippen molar-refractivity contribution in [3.8, 4) is 0 Å². The number of hydrogen-bond donors (Lipinski definition) is 1. The number of Topliss-reactive ketones (excluding diaryl/α,β-unsaturated/α-hetero) is 1. The van der Waals surface area contributed by atoms with Crippen LogP contribution in [0.15, 0.2) is 60.7 Å². The molecule has 114 valence electrons. The van der Waals surface area contributed by atoms with Gasteiger partial charge in [0.1, 0.15) is 0 Å². The second-order valence-corrected chi connectivity index (χ2v) is 5.00. The van der Waals surface area contributed by atoms with Crippen LogP contribution >= 0.6 is 0 Å². The van der Waals surface area contributed by atoms with Gasteiger partial charge in [0.2, 0.25) is 0 Å². The van der Waals surface area contributed by atoms with Crippen molar-refractivity contribution >= 4 is 11.8 Å². The maximum Gasteiger partial charge on any atom is 0.305 e. The lowest BCUT2D eigenvalue weighted by atomic mass is 9.82. The number of rotatable bonds is 6. The molecule has 0 heterocycles. The van der Waals surface area contributed by atoms with Gasteiger partial charge < -0.3 is 9.84 Å². The van der Waals surface area contributed by atoms with Crippen LogP contribution in [0.25, 0.3) is 0 Å². The van der Waals surface area contributed by atoms with E-state index >= 15 is 0 Å². The minimum Gasteiger partial charge on any atom is -0.469 e. The van der Waals surface area contributed by atoms with Crippen LogP contribution in [0.5, 0.6) is 0 Å². The summed E-state index contributed by atoms with van der Waals surface area (Å²) in [6, 6.07) is 17.2. The third-order valence-corrected chi connectivity index (χ3v) is 3.58. The maximum atomic E-state index is 12.8. The molecule has 0 aliphatic rings. The number of carbonyl (C=O) groups is 2. The van der Waals surface area contributed by atoms with Crippen LogP contribution in [0.4, 0.5) is 0 Å². The van der Waals surface area contributed by atoms with Crippen molar-refractivity contribution in [1.29, 1.82) is 0 Å². The molecule has 0 aliphatic carbocycles. The van der Waals surface area contributed by atoms with Gasteiger partial charge in [-0.3, -0.25) is 9.59 Å². The molecule has 22 heavy (non-hydrogen) atoms. The number of benzene rings is 2. The van der Waals surface area contributed by atoms with Crippen LogP contribution in [0.2, 0.25) is 0 Å². The third kappa shape index (κ3) is 3.40. The van der Waals surface area contributed by atoms with Crippen LogP contribution in [-0.2, 0) is 15.1 Å². The molecule has 1 unspecified atom stereocenters. The average molecular weight is 298 g/mol. The Bertz CT molecular complexity index is 637. The van der Waals surface area contributed by atoms with E-state index in [1.807, 2.05) is 0 Å². The molecule has 0 amide bonds. The van der Waals surface area contributed by atoms with Gasteiger partial charge in [-0.1, -0.05) is 60.7 Å². The lowest BCUT2D eigenvalue weighted by molar-refractivity contribution is -0.141. The molecule has 2 aromatic carbocycles. The van der Waals surface area contributed by atoms with Crippen LogP contribution in [0.1, 0.15) is 28.8 Å². The smallest absolute Gasteiger partial charge is 0.305 e. The molecule has 0 fully saturated rings. The van der Waals surface area contributed by atoms with Gasteiger partial charge in [-0.2, -0.15) is 0 Å². The molecule has 2 rings (SSSR count). The SMILES string of the molecule is COC(=O)CCC(O)(C(=O)c1ccccc1)c1ccccc1. The summed E-state index contributed by atoms with van der Waals surface area (Å²) >= 11 is 0. The second kappa shape index (κ2) is 7.00. The van der Waals surface area contributed by atoms with Crippen LogP contribution in [-0.4, -0.2) is 24.0 Å². The molecule has 0 aliphatic heterocycles. The summed E-state index contributed by atoms with van der Waals surface area (Å²) in [5, 5.41) is 11.0. The average Bonchev–Trinajstić information content (AvgIpc) is 2.60. The first-order chi connectivity index (χ1) is 10.6. The van der Waals surface area contributed by atoms with E-state index in [2.05, 4.69) is 4.74 Å². The number of hydrogen-bond acceptors (Lipinski definition) is 4. The van der Waals surface area contributed by atoms with E-state index in [4.69, 9.17) is 0 Å². The normalized spacial score (nSPS) is 13.2. The lowest BCUT2D eigenvalue weighted by Gasteiger charge is -2.27. The molecule has 0 bridgehead atoms.